The molecule has 0 bridgehead atoms. The molecule has 0 spiro atoms. The van der Waals surface area contributed by atoms with Crippen LogP contribution in [0.25, 0.3) is 10.2 Å². The second-order valence-corrected chi connectivity index (χ2v) is 8.87. The van der Waals surface area contributed by atoms with Gasteiger partial charge in [-0.2, -0.15) is 0 Å². The van der Waals surface area contributed by atoms with Crippen molar-refractivity contribution in [1.82, 2.24) is 14.9 Å². The minimum absolute atomic E-state index is 0.222. The maximum Gasteiger partial charge on any atom is 0.328 e. The molecule has 0 saturated carbocycles. The van der Waals surface area contributed by atoms with Gasteiger partial charge in [0.15, 0.2) is 0 Å². The van der Waals surface area contributed by atoms with Crippen molar-refractivity contribution in [3.63, 3.8) is 0 Å². The second-order valence-electron chi connectivity index (χ2n) is 7.78. The van der Waals surface area contributed by atoms with Crippen LogP contribution in [0.2, 0.25) is 0 Å². The zero-order valence-electron chi connectivity index (χ0n) is 17.6. The Morgan fingerprint density at radius 2 is 2.03 bits per heavy atom. The number of hydrogen-bond donors (Lipinski definition) is 0. The standard InChI is InChI=1S/C21H30N4O3S/c1-4-28-21(26)14(2)24(3)19-18-15-7-5-6-8-16(15)29-20(18)23-17(22-19)13-25-9-11-27-12-10-25/h14H,4-13H2,1-3H3. The van der Waals surface area contributed by atoms with Gasteiger partial charge in [-0.15, -0.1) is 11.3 Å². The van der Waals surface area contributed by atoms with E-state index in [1.54, 1.807) is 11.3 Å². The lowest BCUT2D eigenvalue weighted by Gasteiger charge is -2.28. The van der Waals surface area contributed by atoms with E-state index in [2.05, 4.69) is 4.90 Å². The lowest BCUT2D eigenvalue weighted by molar-refractivity contribution is -0.144. The molecule has 2 aromatic rings. The summed E-state index contributed by atoms with van der Waals surface area (Å²) in [5.74, 6) is 1.45. The zero-order chi connectivity index (χ0) is 20.4. The number of ether oxygens (including phenoxy) is 2. The molecule has 0 radical (unpaired) electrons. The van der Waals surface area contributed by atoms with Gasteiger partial charge in [0.25, 0.3) is 0 Å². The van der Waals surface area contributed by atoms with Crippen LogP contribution in [0.5, 0.6) is 0 Å². The number of morpholine rings is 1. The van der Waals surface area contributed by atoms with E-state index >= 15 is 0 Å². The van der Waals surface area contributed by atoms with Gasteiger partial charge in [-0.05, 0) is 45.1 Å². The molecule has 158 valence electrons. The third kappa shape index (κ3) is 4.25. The minimum atomic E-state index is -0.400. The van der Waals surface area contributed by atoms with E-state index in [9.17, 15) is 4.79 Å². The fourth-order valence-corrected chi connectivity index (χ4v) is 5.35. The normalized spacial score (nSPS) is 18.4. The van der Waals surface area contributed by atoms with E-state index < -0.39 is 6.04 Å². The predicted octanol–water partition coefficient (Wildman–Crippen LogP) is 2.79. The van der Waals surface area contributed by atoms with Crippen LogP contribution < -0.4 is 4.90 Å². The highest BCUT2D eigenvalue weighted by Crippen LogP contribution is 2.40. The van der Waals surface area contributed by atoms with Crippen molar-refractivity contribution in [2.75, 3.05) is 44.9 Å². The molecule has 29 heavy (non-hydrogen) atoms. The highest BCUT2D eigenvalue weighted by molar-refractivity contribution is 7.19. The molecule has 7 nitrogen and oxygen atoms in total. The summed E-state index contributed by atoms with van der Waals surface area (Å²) in [5.41, 5.74) is 1.38. The first kappa shape index (κ1) is 20.5. The van der Waals surface area contributed by atoms with Gasteiger partial charge in [0.1, 0.15) is 22.5 Å². The molecule has 0 N–H and O–H groups in total. The van der Waals surface area contributed by atoms with Crippen molar-refractivity contribution in [3.05, 3.63) is 16.3 Å². The van der Waals surface area contributed by atoms with Crippen LogP contribution in [0.15, 0.2) is 0 Å². The molecule has 2 aliphatic rings. The molecule has 1 aliphatic carbocycles. The highest BCUT2D eigenvalue weighted by atomic mass is 32.1. The summed E-state index contributed by atoms with van der Waals surface area (Å²) in [5, 5.41) is 1.13. The van der Waals surface area contributed by atoms with Crippen molar-refractivity contribution >= 4 is 33.3 Å². The number of aromatic nitrogens is 2. The van der Waals surface area contributed by atoms with Gasteiger partial charge >= 0.3 is 5.97 Å². The SMILES string of the molecule is CCOC(=O)C(C)N(C)c1nc(CN2CCOCC2)nc2sc3c(c12)CCCC3. The van der Waals surface area contributed by atoms with Gasteiger partial charge < -0.3 is 14.4 Å². The lowest BCUT2D eigenvalue weighted by Crippen LogP contribution is -2.39. The van der Waals surface area contributed by atoms with Crippen LogP contribution in [-0.2, 0) is 33.7 Å². The van der Waals surface area contributed by atoms with Crippen molar-refractivity contribution in [2.24, 2.45) is 0 Å². The average molecular weight is 419 g/mol. The summed E-state index contributed by atoms with van der Waals surface area (Å²) < 4.78 is 10.7. The van der Waals surface area contributed by atoms with Crippen LogP contribution in [0.4, 0.5) is 5.82 Å². The van der Waals surface area contributed by atoms with Crippen LogP contribution in [0.1, 0.15) is 43.0 Å². The lowest BCUT2D eigenvalue weighted by atomic mass is 9.97. The number of likely N-dealkylation sites (N-methyl/N-ethyl adjacent to an activating group) is 1. The first-order valence-electron chi connectivity index (χ1n) is 10.6. The van der Waals surface area contributed by atoms with Crippen LogP contribution >= 0.6 is 11.3 Å². The molecular formula is C21H30N4O3S. The van der Waals surface area contributed by atoms with Gasteiger partial charge in [0.05, 0.1) is 31.8 Å². The molecule has 2 aromatic heterocycles. The molecule has 3 heterocycles. The van der Waals surface area contributed by atoms with Gasteiger partial charge in [-0.25, -0.2) is 14.8 Å². The van der Waals surface area contributed by atoms with Crippen molar-refractivity contribution in [2.45, 2.75) is 52.1 Å². The Hall–Kier alpha value is -1.77. The van der Waals surface area contributed by atoms with Gasteiger partial charge in [0.2, 0.25) is 0 Å². The van der Waals surface area contributed by atoms with Crippen molar-refractivity contribution < 1.29 is 14.3 Å². The zero-order valence-corrected chi connectivity index (χ0v) is 18.4. The molecule has 1 unspecified atom stereocenters. The number of anilines is 1. The minimum Gasteiger partial charge on any atom is -0.464 e. The van der Waals surface area contributed by atoms with Crippen LogP contribution in [0.3, 0.4) is 0 Å². The molecule has 1 aliphatic heterocycles. The summed E-state index contributed by atoms with van der Waals surface area (Å²) in [6.07, 6.45) is 4.62. The third-order valence-electron chi connectivity index (χ3n) is 5.85. The highest BCUT2D eigenvalue weighted by Gasteiger charge is 2.27. The Balaban J connectivity index is 1.74. The van der Waals surface area contributed by atoms with Crippen molar-refractivity contribution in [3.8, 4) is 0 Å². The maximum atomic E-state index is 12.4. The smallest absolute Gasteiger partial charge is 0.328 e. The van der Waals surface area contributed by atoms with Gasteiger partial charge in [0, 0.05) is 25.0 Å². The van der Waals surface area contributed by atoms with Crippen LogP contribution in [0, 0.1) is 0 Å². The topological polar surface area (TPSA) is 67.8 Å². The number of rotatable bonds is 6. The van der Waals surface area contributed by atoms with E-state index in [1.165, 1.54) is 23.3 Å². The first-order chi connectivity index (χ1) is 14.1. The van der Waals surface area contributed by atoms with Crippen molar-refractivity contribution in [1.29, 1.82) is 0 Å². The Kier molecular flexibility index (Phi) is 6.32. The summed E-state index contributed by atoms with van der Waals surface area (Å²) in [4.78, 5) is 29.1. The first-order valence-corrected chi connectivity index (χ1v) is 11.4. The van der Waals surface area contributed by atoms with Gasteiger partial charge in [-0.1, -0.05) is 0 Å². The number of carbonyl (C=O) groups excluding carboxylic acids is 1. The maximum absolute atomic E-state index is 12.4. The Morgan fingerprint density at radius 3 is 2.79 bits per heavy atom. The molecule has 1 saturated heterocycles. The molecule has 1 atom stereocenters. The molecule has 0 aromatic carbocycles. The average Bonchev–Trinajstić information content (AvgIpc) is 3.11. The fraction of sp³-hybridized carbons (Fsp3) is 0.667. The number of esters is 1. The quantitative estimate of drug-likeness (QED) is 0.668. The van der Waals surface area contributed by atoms with Gasteiger partial charge in [-0.3, -0.25) is 4.90 Å². The molecule has 0 amide bonds. The van der Waals surface area contributed by atoms with E-state index in [0.717, 1.165) is 61.0 Å². The molecule has 4 rings (SSSR count). The third-order valence-corrected chi connectivity index (χ3v) is 7.04. The van der Waals surface area contributed by atoms with E-state index in [0.29, 0.717) is 13.2 Å². The second kappa shape index (κ2) is 8.93. The predicted molar refractivity (Wildman–Crippen MR) is 115 cm³/mol. The van der Waals surface area contributed by atoms with E-state index in [1.807, 2.05) is 25.8 Å². The Morgan fingerprint density at radius 1 is 1.28 bits per heavy atom. The largest absolute Gasteiger partial charge is 0.464 e. The molecule has 1 fully saturated rings. The number of thiophene rings is 1. The Bertz CT molecular complexity index is 878. The molecule has 8 heteroatoms. The summed E-state index contributed by atoms with van der Waals surface area (Å²) in [6, 6.07) is -0.400. The number of aryl methyl sites for hydroxylation is 2. The number of carbonyl (C=O) groups is 1. The fourth-order valence-electron chi connectivity index (χ4n) is 4.07. The van der Waals surface area contributed by atoms with Crippen LogP contribution in [-0.4, -0.2) is 66.8 Å². The monoisotopic (exact) mass is 418 g/mol. The number of nitrogens with zero attached hydrogens (tertiary/aromatic N) is 4. The summed E-state index contributed by atoms with van der Waals surface area (Å²) in [6.45, 7) is 8.10. The number of hydrogen-bond acceptors (Lipinski definition) is 8. The Labute approximate surface area is 176 Å². The summed E-state index contributed by atoms with van der Waals surface area (Å²) >= 11 is 1.80. The number of fused-ring (bicyclic) bond motifs is 3. The van der Waals surface area contributed by atoms with E-state index in [4.69, 9.17) is 19.4 Å². The van der Waals surface area contributed by atoms with E-state index in [-0.39, 0.29) is 5.97 Å². The summed E-state index contributed by atoms with van der Waals surface area (Å²) in [7, 11) is 1.94. The molecular weight excluding hydrogens is 388 g/mol.